The predicted molar refractivity (Wildman–Crippen MR) is 116 cm³/mol. The molecule has 0 amide bonds. The van der Waals surface area contributed by atoms with Gasteiger partial charge in [-0.3, -0.25) is 9.89 Å². The Kier molecular flexibility index (Phi) is 9.56. The zero-order chi connectivity index (χ0) is 17.4. The largest absolute Gasteiger partial charge is 0.497 e. The van der Waals surface area contributed by atoms with Gasteiger partial charge in [-0.15, -0.1) is 24.0 Å². The number of rotatable bonds is 6. The van der Waals surface area contributed by atoms with Crippen LogP contribution in [0.5, 0.6) is 5.75 Å². The van der Waals surface area contributed by atoms with E-state index in [1.54, 1.807) is 7.11 Å². The van der Waals surface area contributed by atoms with Crippen LogP contribution in [0.2, 0.25) is 0 Å². The Morgan fingerprint density at radius 1 is 1.12 bits per heavy atom. The predicted octanol–water partition coefficient (Wildman–Crippen LogP) is 3.24. The van der Waals surface area contributed by atoms with Crippen molar-refractivity contribution in [2.24, 2.45) is 4.99 Å². The Morgan fingerprint density at radius 2 is 1.76 bits per heavy atom. The standard InChI is InChI=1S/C19H32N4O.HI/c1-19(2,23-12-6-5-7-13-23)15-22-18(20-3)21-14-16-8-10-17(24-4)11-9-16;/h8-11H,5-7,12-15H2,1-4H3,(H2,20,21,22);1H. The van der Waals surface area contributed by atoms with Crippen LogP contribution in [-0.4, -0.2) is 50.2 Å². The molecule has 25 heavy (non-hydrogen) atoms. The number of ether oxygens (including phenoxy) is 1. The highest BCUT2D eigenvalue weighted by Gasteiger charge is 2.27. The molecule has 1 fully saturated rings. The van der Waals surface area contributed by atoms with Crippen molar-refractivity contribution in [2.75, 3.05) is 33.8 Å². The van der Waals surface area contributed by atoms with E-state index >= 15 is 0 Å². The van der Waals surface area contributed by atoms with E-state index in [1.807, 2.05) is 19.2 Å². The molecule has 6 heteroatoms. The Morgan fingerprint density at radius 3 is 2.32 bits per heavy atom. The number of nitrogens with zero attached hydrogens (tertiary/aromatic N) is 2. The van der Waals surface area contributed by atoms with Crippen molar-refractivity contribution in [1.29, 1.82) is 0 Å². The van der Waals surface area contributed by atoms with Gasteiger partial charge in [0.25, 0.3) is 0 Å². The molecule has 0 atom stereocenters. The third-order valence-electron chi connectivity index (χ3n) is 4.74. The summed E-state index contributed by atoms with van der Waals surface area (Å²) in [7, 11) is 3.50. The number of benzene rings is 1. The molecule has 2 rings (SSSR count). The third-order valence-corrected chi connectivity index (χ3v) is 4.74. The van der Waals surface area contributed by atoms with Gasteiger partial charge in [0.15, 0.2) is 5.96 Å². The molecule has 1 saturated heterocycles. The smallest absolute Gasteiger partial charge is 0.191 e. The summed E-state index contributed by atoms with van der Waals surface area (Å²) in [5.74, 6) is 1.72. The van der Waals surface area contributed by atoms with Gasteiger partial charge >= 0.3 is 0 Å². The molecule has 0 aliphatic carbocycles. The fourth-order valence-corrected chi connectivity index (χ4v) is 3.06. The lowest BCUT2D eigenvalue weighted by Crippen LogP contribution is -2.54. The van der Waals surface area contributed by atoms with Crippen molar-refractivity contribution < 1.29 is 4.74 Å². The van der Waals surface area contributed by atoms with Gasteiger partial charge in [-0.25, -0.2) is 0 Å². The van der Waals surface area contributed by atoms with Gasteiger partial charge in [0.2, 0.25) is 0 Å². The van der Waals surface area contributed by atoms with E-state index in [2.05, 4.69) is 46.5 Å². The summed E-state index contributed by atoms with van der Waals surface area (Å²) in [6, 6.07) is 8.09. The number of halogens is 1. The van der Waals surface area contributed by atoms with Gasteiger partial charge in [-0.1, -0.05) is 18.6 Å². The second-order valence-electron chi connectivity index (χ2n) is 6.99. The zero-order valence-electron chi connectivity index (χ0n) is 16.0. The second kappa shape index (κ2) is 10.9. The normalized spacial score (nSPS) is 16.1. The number of aliphatic imine (C=N–C) groups is 1. The Bertz CT molecular complexity index is 525. The highest BCUT2D eigenvalue weighted by Crippen LogP contribution is 2.19. The summed E-state index contributed by atoms with van der Waals surface area (Å²) in [5, 5.41) is 6.85. The van der Waals surface area contributed by atoms with Crippen LogP contribution in [0.15, 0.2) is 29.3 Å². The highest BCUT2D eigenvalue weighted by atomic mass is 127. The maximum atomic E-state index is 5.19. The van der Waals surface area contributed by atoms with Crippen molar-refractivity contribution in [2.45, 2.75) is 45.2 Å². The molecule has 142 valence electrons. The first-order chi connectivity index (χ1) is 11.5. The van der Waals surface area contributed by atoms with E-state index in [4.69, 9.17) is 4.74 Å². The minimum Gasteiger partial charge on any atom is -0.497 e. The number of hydrogen-bond donors (Lipinski definition) is 2. The third kappa shape index (κ3) is 7.01. The Balaban J connectivity index is 0.00000312. The van der Waals surface area contributed by atoms with Crippen LogP contribution in [-0.2, 0) is 6.54 Å². The maximum absolute atomic E-state index is 5.19. The van der Waals surface area contributed by atoms with Crippen LogP contribution in [0, 0.1) is 0 Å². The maximum Gasteiger partial charge on any atom is 0.191 e. The number of methoxy groups -OCH3 is 1. The molecule has 0 unspecified atom stereocenters. The molecule has 0 aromatic heterocycles. The quantitative estimate of drug-likeness (QED) is 0.389. The average molecular weight is 460 g/mol. The number of likely N-dealkylation sites (tertiary alicyclic amines) is 1. The second-order valence-corrected chi connectivity index (χ2v) is 6.99. The summed E-state index contributed by atoms with van der Waals surface area (Å²) in [6.07, 6.45) is 3.99. The topological polar surface area (TPSA) is 48.9 Å². The molecule has 0 spiro atoms. The minimum absolute atomic E-state index is 0. The van der Waals surface area contributed by atoms with E-state index < -0.39 is 0 Å². The molecule has 2 N–H and O–H groups in total. The summed E-state index contributed by atoms with van der Waals surface area (Å²) in [6.45, 7) is 8.65. The van der Waals surface area contributed by atoms with Gasteiger partial charge in [0.05, 0.1) is 7.11 Å². The first kappa shape index (κ1) is 22.0. The summed E-state index contributed by atoms with van der Waals surface area (Å²) in [5.41, 5.74) is 1.34. The molecule has 1 aromatic carbocycles. The number of nitrogens with one attached hydrogen (secondary N) is 2. The number of piperidine rings is 1. The van der Waals surface area contributed by atoms with Crippen LogP contribution in [0.4, 0.5) is 0 Å². The molecule has 5 nitrogen and oxygen atoms in total. The van der Waals surface area contributed by atoms with E-state index in [-0.39, 0.29) is 29.5 Å². The van der Waals surface area contributed by atoms with E-state index in [0.717, 1.165) is 24.8 Å². The summed E-state index contributed by atoms with van der Waals surface area (Å²) >= 11 is 0. The first-order valence-electron chi connectivity index (χ1n) is 8.87. The van der Waals surface area contributed by atoms with Gasteiger partial charge in [-0.2, -0.15) is 0 Å². The fourth-order valence-electron chi connectivity index (χ4n) is 3.06. The molecular formula is C19H33IN4O. The van der Waals surface area contributed by atoms with E-state index in [9.17, 15) is 0 Å². The van der Waals surface area contributed by atoms with Gasteiger partial charge in [0.1, 0.15) is 5.75 Å². The lowest BCUT2D eigenvalue weighted by atomic mass is 9.98. The average Bonchev–Trinajstić information content (AvgIpc) is 2.63. The SMILES string of the molecule is CN=C(NCc1ccc(OC)cc1)NCC(C)(C)N1CCCCC1.I. The molecular weight excluding hydrogens is 427 g/mol. The fraction of sp³-hybridized carbons (Fsp3) is 0.632. The van der Waals surface area contributed by atoms with Crippen molar-refractivity contribution in [3.63, 3.8) is 0 Å². The highest BCUT2D eigenvalue weighted by molar-refractivity contribution is 14.0. The number of guanidine groups is 1. The van der Waals surface area contributed by atoms with Crippen molar-refractivity contribution in [1.82, 2.24) is 15.5 Å². The van der Waals surface area contributed by atoms with E-state index in [1.165, 1.54) is 37.9 Å². The van der Waals surface area contributed by atoms with Crippen molar-refractivity contribution in [3.05, 3.63) is 29.8 Å². The molecule has 0 saturated carbocycles. The monoisotopic (exact) mass is 460 g/mol. The van der Waals surface area contributed by atoms with Crippen LogP contribution in [0.25, 0.3) is 0 Å². The van der Waals surface area contributed by atoms with Crippen molar-refractivity contribution >= 4 is 29.9 Å². The molecule has 1 aliphatic heterocycles. The lowest BCUT2D eigenvalue weighted by Gasteiger charge is -2.41. The molecule has 0 bridgehead atoms. The Labute approximate surface area is 169 Å². The first-order valence-corrected chi connectivity index (χ1v) is 8.87. The van der Waals surface area contributed by atoms with Crippen LogP contribution in [0.3, 0.4) is 0 Å². The molecule has 1 aliphatic rings. The van der Waals surface area contributed by atoms with Gasteiger partial charge in [0, 0.05) is 25.7 Å². The van der Waals surface area contributed by atoms with Crippen LogP contribution < -0.4 is 15.4 Å². The molecule has 1 heterocycles. The Hall–Kier alpha value is -1.02. The van der Waals surface area contributed by atoms with Gasteiger partial charge in [-0.05, 0) is 57.5 Å². The summed E-state index contributed by atoms with van der Waals surface area (Å²) in [4.78, 5) is 6.92. The van der Waals surface area contributed by atoms with Crippen LogP contribution in [0.1, 0.15) is 38.7 Å². The van der Waals surface area contributed by atoms with Crippen molar-refractivity contribution in [3.8, 4) is 5.75 Å². The van der Waals surface area contributed by atoms with E-state index in [0.29, 0.717) is 0 Å². The summed E-state index contributed by atoms with van der Waals surface area (Å²) < 4.78 is 5.19. The molecule has 1 aromatic rings. The lowest BCUT2D eigenvalue weighted by molar-refractivity contribution is 0.0982. The molecule has 0 radical (unpaired) electrons. The van der Waals surface area contributed by atoms with Crippen LogP contribution >= 0.6 is 24.0 Å². The minimum atomic E-state index is 0. The number of hydrogen-bond acceptors (Lipinski definition) is 3. The zero-order valence-corrected chi connectivity index (χ0v) is 18.3. The van der Waals surface area contributed by atoms with Gasteiger partial charge < -0.3 is 15.4 Å².